The van der Waals surface area contributed by atoms with E-state index >= 15 is 0 Å². The minimum atomic E-state index is -0.562. The minimum Gasteiger partial charge on any atom is -0.479 e. The maximum atomic E-state index is 11.9. The van der Waals surface area contributed by atoms with Gasteiger partial charge in [-0.25, -0.2) is 0 Å². The van der Waals surface area contributed by atoms with Crippen LogP contribution in [0.4, 0.5) is 0 Å². The van der Waals surface area contributed by atoms with Crippen LogP contribution in [0.15, 0.2) is 12.1 Å². The number of aromatic nitrogens is 1. The molecule has 21 heavy (non-hydrogen) atoms. The Labute approximate surface area is 127 Å². The Morgan fingerprint density at radius 3 is 2.62 bits per heavy atom. The van der Waals surface area contributed by atoms with Crippen molar-refractivity contribution in [1.29, 1.82) is 0 Å². The summed E-state index contributed by atoms with van der Waals surface area (Å²) in [7, 11) is 0. The first kappa shape index (κ1) is 17.4. The SMILES string of the molecule is CCC(N)Cc1nc(C)ccc1OC(C)C(=O)NC(C)C. The summed E-state index contributed by atoms with van der Waals surface area (Å²) >= 11 is 0. The molecule has 0 aliphatic rings. The summed E-state index contributed by atoms with van der Waals surface area (Å²) in [6, 6.07) is 3.87. The van der Waals surface area contributed by atoms with Crippen LogP contribution >= 0.6 is 0 Å². The zero-order chi connectivity index (χ0) is 16.0. The number of nitrogens with zero attached hydrogens (tertiary/aromatic N) is 1. The second kappa shape index (κ2) is 7.98. The number of carbonyl (C=O) groups excluding carboxylic acids is 1. The number of hydrogen-bond acceptors (Lipinski definition) is 4. The molecule has 0 radical (unpaired) electrons. The molecule has 0 aromatic carbocycles. The highest BCUT2D eigenvalue weighted by atomic mass is 16.5. The number of ether oxygens (including phenoxy) is 1. The molecule has 1 aromatic heterocycles. The van der Waals surface area contributed by atoms with Crippen molar-refractivity contribution in [3.05, 3.63) is 23.5 Å². The number of aryl methyl sites for hydroxylation is 1. The van der Waals surface area contributed by atoms with E-state index in [1.54, 1.807) is 6.92 Å². The fourth-order valence-electron chi connectivity index (χ4n) is 1.89. The van der Waals surface area contributed by atoms with Gasteiger partial charge in [-0.1, -0.05) is 6.92 Å². The molecule has 2 atom stereocenters. The second-order valence-corrected chi connectivity index (χ2v) is 5.69. The van der Waals surface area contributed by atoms with Gasteiger partial charge >= 0.3 is 0 Å². The van der Waals surface area contributed by atoms with Gasteiger partial charge in [0.25, 0.3) is 5.91 Å². The van der Waals surface area contributed by atoms with Gasteiger partial charge in [0.2, 0.25) is 0 Å². The summed E-state index contributed by atoms with van der Waals surface area (Å²) in [4.78, 5) is 16.4. The number of amides is 1. The van der Waals surface area contributed by atoms with Crippen molar-refractivity contribution in [2.45, 2.75) is 65.6 Å². The van der Waals surface area contributed by atoms with Crippen molar-refractivity contribution in [2.75, 3.05) is 0 Å². The summed E-state index contributed by atoms with van der Waals surface area (Å²) in [6.07, 6.45) is 0.957. The van der Waals surface area contributed by atoms with Crippen LogP contribution in [0.3, 0.4) is 0 Å². The molecule has 1 amide bonds. The molecule has 1 rings (SSSR count). The zero-order valence-corrected chi connectivity index (χ0v) is 13.6. The Kier molecular flexibility index (Phi) is 6.62. The topological polar surface area (TPSA) is 77.2 Å². The van der Waals surface area contributed by atoms with Crippen molar-refractivity contribution in [2.24, 2.45) is 5.73 Å². The predicted molar refractivity (Wildman–Crippen MR) is 84.3 cm³/mol. The third kappa shape index (κ3) is 5.71. The lowest BCUT2D eigenvalue weighted by Crippen LogP contribution is -2.40. The quantitative estimate of drug-likeness (QED) is 0.805. The van der Waals surface area contributed by atoms with Crippen molar-refractivity contribution in [3.63, 3.8) is 0 Å². The Hall–Kier alpha value is -1.62. The molecule has 1 aromatic rings. The number of rotatable bonds is 7. The fourth-order valence-corrected chi connectivity index (χ4v) is 1.89. The van der Waals surface area contributed by atoms with Crippen LogP contribution in [-0.2, 0) is 11.2 Å². The minimum absolute atomic E-state index is 0.0430. The van der Waals surface area contributed by atoms with Gasteiger partial charge in [0.05, 0.1) is 5.69 Å². The molecule has 0 bridgehead atoms. The van der Waals surface area contributed by atoms with Crippen molar-refractivity contribution in [3.8, 4) is 5.75 Å². The van der Waals surface area contributed by atoms with Crippen LogP contribution in [0, 0.1) is 6.92 Å². The first-order valence-corrected chi connectivity index (χ1v) is 7.52. The standard InChI is InChI=1S/C16H27N3O2/c1-6-13(17)9-14-15(8-7-11(4)19-14)21-12(5)16(20)18-10(2)3/h7-8,10,12-13H,6,9,17H2,1-5H3,(H,18,20). The third-order valence-corrected chi connectivity index (χ3v) is 3.16. The van der Waals surface area contributed by atoms with E-state index in [-0.39, 0.29) is 18.0 Å². The summed E-state index contributed by atoms with van der Waals surface area (Å²) < 4.78 is 5.78. The molecule has 118 valence electrons. The van der Waals surface area contributed by atoms with Gasteiger partial charge in [-0.2, -0.15) is 0 Å². The molecule has 0 aliphatic carbocycles. The normalized spacial score (nSPS) is 13.9. The van der Waals surface area contributed by atoms with E-state index in [1.165, 1.54) is 0 Å². The summed E-state index contributed by atoms with van der Waals surface area (Å²) in [5.41, 5.74) is 7.74. The van der Waals surface area contributed by atoms with E-state index in [1.807, 2.05) is 39.8 Å². The predicted octanol–water partition coefficient (Wildman–Crippen LogP) is 1.96. The number of carbonyl (C=O) groups is 1. The molecule has 0 aliphatic heterocycles. The molecular weight excluding hydrogens is 266 g/mol. The number of pyridine rings is 1. The van der Waals surface area contributed by atoms with E-state index < -0.39 is 6.10 Å². The molecular formula is C16H27N3O2. The van der Waals surface area contributed by atoms with Gasteiger partial charge in [0.15, 0.2) is 6.10 Å². The molecule has 1 heterocycles. The lowest BCUT2D eigenvalue weighted by atomic mass is 10.1. The first-order chi connectivity index (χ1) is 9.83. The van der Waals surface area contributed by atoms with Gasteiger partial charge in [-0.15, -0.1) is 0 Å². The molecule has 2 unspecified atom stereocenters. The molecule has 3 N–H and O–H groups in total. The van der Waals surface area contributed by atoms with Gasteiger partial charge in [0.1, 0.15) is 5.75 Å². The maximum absolute atomic E-state index is 11.9. The van der Waals surface area contributed by atoms with E-state index in [0.717, 1.165) is 17.8 Å². The monoisotopic (exact) mass is 293 g/mol. The smallest absolute Gasteiger partial charge is 0.260 e. The Morgan fingerprint density at radius 1 is 1.38 bits per heavy atom. The average molecular weight is 293 g/mol. The van der Waals surface area contributed by atoms with Crippen molar-refractivity contribution in [1.82, 2.24) is 10.3 Å². The van der Waals surface area contributed by atoms with E-state index in [0.29, 0.717) is 12.2 Å². The van der Waals surface area contributed by atoms with E-state index in [9.17, 15) is 4.79 Å². The van der Waals surface area contributed by atoms with Crippen LogP contribution < -0.4 is 15.8 Å². The molecule has 0 saturated heterocycles. The highest BCUT2D eigenvalue weighted by Gasteiger charge is 2.18. The van der Waals surface area contributed by atoms with Crippen LogP contribution in [0.25, 0.3) is 0 Å². The second-order valence-electron chi connectivity index (χ2n) is 5.69. The average Bonchev–Trinajstić information content (AvgIpc) is 2.40. The molecule has 5 nitrogen and oxygen atoms in total. The van der Waals surface area contributed by atoms with E-state index in [2.05, 4.69) is 10.3 Å². The fraction of sp³-hybridized carbons (Fsp3) is 0.625. The largest absolute Gasteiger partial charge is 0.479 e. The van der Waals surface area contributed by atoms with Gasteiger partial charge in [-0.3, -0.25) is 9.78 Å². The molecule has 5 heteroatoms. The van der Waals surface area contributed by atoms with Gasteiger partial charge < -0.3 is 15.8 Å². The number of hydrogen-bond donors (Lipinski definition) is 2. The lowest BCUT2D eigenvalue weighted by molar-refractivity contribution is -0.127. The summed E-state index contributed by atoms with van der Waals surface area (Å²) in [6.45, 7) is 9.55. The summed E-state index contributed by atoms with van der Waals surface area (Å²) in [5.74, 6) is 0.507. The van der Waals surface area contributed by atoms with Crippen LogP contribution in [0.1, 0.15) is 45.5 Å². The maximum Gasteiger partial charge on any atom is 0.260 e. The molecule has 0 spiro atoms. The lowest BCUT2D eigenvalue weighted by Gasteiger charge is -2.19. The Morgan fingerprint density at radius 2 is 2.05 bits per heavy atom. The highest BCUT2D eigenvalue weighted by molar-refractivity contribution is 5.80. The van der Waals surface area contributed by atoms with Gasteiger partial charge in [0, 0.05) is 24.2 Å². The molecule has 0 fully saturated rings. The van der Waals surface area contributed by atoms with Crippen molar-refractivity contribution >= 4 is 5.91 Å². The van der Waals surface area contributed by atoms with Crippen LogP contribution in [0.2, 0.25) is 0 Å². The number of nitrogens with two attached hydrogens (primary N) is 1. The van der Waals surface area contributed by atoms with E-state index in [4.69, 9.17) is 10.5 Å². The molecule has 0 saturated carbocycles. The van der Waals surface area contributed by atoms with Gasteiger partial charge in [-0.05, 0) is 46.2 Å². The Bertz CT molecular complexity index is 475. The Balaban J connectivity index is 2.84. The van der Waals surface area contributed by atoms with Crippen LogP contribution in [0.5, 0.6) is 5.75 Å². The van der Waals surface area contributed by atoms with Crippen LogP contribution in [-0.4, -0.2) is 29.1 Å². The summed E-state index contributed by atoms with van der Waals surface area (Å²) in [5, 5.41) is 2.84. The number of nitrogens with one attached hydrogen (secondary N) is 1. The highest BCUT2D eigenvalue weighted by Crippen LogP contribution is 2.20. The third-order valence-electron chi connectivity index (χ3n) is 3.16. The van der Waals surface area contributed by atoms with Crippen molar-refractivity contribution < 1.29 is 9.53 Å². The zero-order valence-electron chi connectivity index (χ0n) is 13.6. The first-order valence-electron chi connectivity index (χ1n) is 7.52.